The second kappa shape index (κ2) is 5.71. The van der Waals surface area contributed by atoms with Gasteiger partial charge in [0.05, 0.1) is 22.5 Å². The Hall–Kier alpha value is -2.11. The first-order valence-corrected chi connectivity index (χ1v) is 7.46. The average Bonchev–Trinajstić information content (AvgIpc) is 3.08. The molecular weight excluding hydrogens is 308 g/mol. The lowest BCUT2D eigenvalue weighted by molar-refractivity contribution is 0.102. The van der Waals surface area contributed by atoms with E-state index in [-0.39, 0.29) is 11.1 Å². The maximum absolute atomic E-state index is 12.1. The van der Waals surface area contributed by atoms with Crippen LogP contribution in [0.15, 0.2) is 46.4 Å². The van der Waals surface area contributed by atoms with Gasteiger partial charge in [0, 0.05) is 16.6 Å². The summed E-state index contributed by atoms with van der Waals surface area (Å²) in [5, 5.41) is 5.87. The summed E-state index contributed by atoms with van der Waals surface area (Å²) >= 11 is 7.39. The molecule has 6 heteroatoms. The zero-order chi connectivity index (χ0) is 14.8. The molecule has 1 aromatic carbocycles. The van der Waals surface area contributed by atoms with Gasteiger partial charge in [-0.25, -0.2) is 4.98 Å². The molecule has 3 rings (SSSR count). The number of thiazole rings is 1. The van der Waals surface area contributed by atoms with Gasteiger partial charge >= 0.3 is 0 Å². The number of benzene rings is 1. The Morgan fingerprint density at radius 1 is 1.38 bits per heavy atom. The van der Waals surface area contributed by atoms with Crippen molar-refractivity contribution in [1.29, 1.82) is 0 Å². The zero-order valence-corrected chi connectivity index (χ0v) is 12.7. The van der Waals surface area contributed by atoms with Crippen LogP contribution >= 0.6 is 22.9 Å². The summed E-state index contributed by atoms with van der Waals surface area (Å²) in [4.78, 5) is 16.5. The van der Waals surface area contributed by atoms with Crippen molar-refractivity contribution in [2.75, 3.05) is 5.32 Å². The highest BCUT2D eigenvalue weighted by Gasteiger charge is 2.13. The van der Waals surface area contributed by atoms with Gasteiger partial charge in [-0.1, -0.05) is 12.1 Å². The molecular formula is C15H11ClN2O2S. The number of anilines is 1. The van der Waals surface area contributed by atoms with Crippen molar-refractivity contribution >= 4 is 34.5 Å². The van der Waals surface area contributed by atoms with E-state index in [4.69, 9.17) is 16.0 Å². The van der Waals surface area contributed by atoms with E-state index in [1.54, 1.807) is 11.3 Å². The van der Waals surface area contributed by atoms with Gasteiger partial charge < -0.3 is 9.73 Å². The van der Waals surface area contributed by atoms with Gasteiger partial charge in [0.15, 0.2) is 0 Å². The molecule has 0 aliphatic rings. The first-order valence-electron chi connectivity index (χ1n) is 6.20. The highest BCUT2D eigenvalue weighted by molar-refractivity contribution is 7.09. The molecule has 3 aromatic rings. The highest BCUT2D eigenvalue weighted by atomic mass is 35.5. The van der Waals surface area contributed by atoms with Gasteiger partial charge in [0.2, 0.25) is 5.22 Å². The number of nitrogens with one attached hydrogen (secondary N) is 1. The van der Waals surface area contributed by atoms with E-state index >= 15 is 0 Å². The van der Waals surface area contributed by atoms with E-state index in [2.05, 4.69) is 10.3 Å². The van der Waals surface area contributed by atoms with Crippen LogP contribution in [-0.4, -0.2) is 10.9 Å². The average molecular weight is 319 g/mol. The van der Waals surface area contributed by atoms with Gasteiger partial charge in [0.1, 0.15) is 0 Å². The Kier molecular flexibility index (Phi) is 3.77. The van der Waals surface area contributed by atoms with Crippen LogP contribution in [0, 0.1) is 6.92 Å². The summed E-state index contributed by atoms with van der Waals surface area (Å²) in [5.41, 5.74) is 2.84. The molecule has 0 aliphatic heterocycles. The largest absolute Gasteiger partial charge is 0.452 e. The highest BCUT2D eigenvalue weighted by Crippen LogP contribution is 2.25. The topological polar surface area (TPSA) is 55.1 Å². The smallest absolute Gasteiger partial charge is 0.260 e. The predicted octanol–water partition coefficient (Wildman–Crippen LogP) is 4.62. The van der Waals surface area contributed by atoms with Crippen LogP contribution in [0.1, 0.15) is 15.4 Å². The summed E-state index contributed by atoms with van der Waals surface area (Å²) in [5.74, 6) is -0.305. The molecule has 0 fully saturated rings. The van der Waals surface area contributed by atoms with Crippen LogP contribution in [-0.2, 0) is 0 Å². The lowest BCUT2D eigenvalue weighted by atomic mass is 10.1. The summed E-state index contributed by atoms with van der Waals surface area (Å²) in [7, 11) is 0. The van der Waals surface area contributed by atoms with E-state index < -0.39 is 0 Å². The molecule has 0 saturated heterocycles. The number of nitrogens with zero attached hydrogens (tertiary/aromatic N) is 1. The monoisotopic (exact) mass is 318 g/mol. The van der Waals surface area contributed by atoms with E-state index in [1.807, 2.05) is 36.6 Å². The quantitative estimate of drug-likeness (QED) is 0.766. The van der Waals surface area contributed by atoms with Crippen molar-refractivity contribution in [3.63, 3.8) is 0 Å². The summed E-state index contributed by atoms with van der Waals surface area (Å²) < 4.78 is 4.92. The summed E-state index contributed by atoms with van der Waals surface area (Å²) in [6.45, 7) is 1.96. The third kappa shape index (κ3) is 2.99. The Balaban J connectivity index is 1.84. The SMILES string of the molecule is Cc1nc(-c2cccc(NC(=O)c3ccoc3Cl)c2)cs1. The third-order valence-electron chi connectivity index (χ3n) is 2.90. The number of carbonyl (C=O) groups is 1. The fraction of sp³-hybridized carbons (Fsp3) is 0.0667. The molecule has 2 aromatic heterocycles. The number of aryl methyl sites for hydroxylation is 1. The van der Waals surface area contributed by atoms with Crippen LogP contribution in [0.2, 0.25) is 5.22 Å². The minimum atomic E-state index is -0.305. The van der Waals surface area contributed by atoms with Crippen molar-refractivity contribution in [2.24, 2.45) is 0 Å². The fourth-order valence-electron chi connectivity index (χ4n) is 1.91. The van der Waals surface area contributed by atoms with Crippen molar-refractivity contribution in [2.45, 2.75) is 6.92 Å². The molecule has 0 bridgehead atoms. The third-order valence-corrected chi connectivity index (χ3v) is 3.96. The molecule has 1 N–H and O–H groups in total. The minimum Gasteiger partial charge on any atom is -0.452 e. The van der Waals surface area contributed by atoms with Crippen LogP contribution in [0.25, 0.3) is 11.3 Å². The van der Waals surface area contributed by atoms with Gasteiger partial charge in [-0.05, 0) is 36.7 Å². The van der Waals surface area contributed by atoms with Gasteiger partial charge in [-0.3, -0.25) is 4.79 Å². The predicted molar refractivity (Wildman–Crippen MR) is 84.0 cm³/mol. The van der Waals surface area contributed by atoms with Gasteiger partial charge in [0.25, 0.3) is 5.91 Å². The molecule has 1 amide bonds. The number of aromatic nitrogens is 1. The fourth-order valence-corrected chi connectivity index (χ4v) is 2.73. The summed E-state index contributed by atoms with van der Waals surface area (Å²) in [6, 6.07) is 9.05. The van der Waals surface area contributed by atoms with Crippen molar-refractivity contribution in [3.8, 4) is 11.3 Å². The standard InChI is InChI=1S/C15H11ClN2O2S/c1-9-17-13(8-21-9)10-3-2-4-11(7-10)18-15(19)12-5-6-20-14(12)16/h2-8H,1H3,(H,18,19). The second-order valence-electron chi connectivity index (χ2n) is 4.39. The van der Waals surface area contributed by atoms with Crippen LogP contribution in [0.5, 0.6) is 0 Å². The molecule has 106 valence electrons. The lowest BCUT2D eigenvalue weighted by Crippen LogP contribution is -2.11. The maximum atomic E-state index is 12.1. The molecule has 0 saturated carbocycles. The van der Waals surface area contributed by atoms with Crippen LogP contribution < -0.4 is 5.32 Å². The number of amides is 1. The molecule has 0 radical (unpaired) electrons. The number of hydrogen-bond donors (Lipinski definition) is 1. The van der Waals surface area contributed by atoms with E-state index in [0.717, 1.165) is 16.3 Å². The molecule has 0 aliphatic carbocycles. The van der Waals surface area contributed by atoms with Crippen molar-refractivity contribution in [1.82, 2.24) is 4.98 Å². The number of hydrogen-bond acceptors (Lipinski definition) is 4. The zero-order valence-electron chi connectivity index (χ0n) is 11.1. The van der Waals surface area contributed by atoms with Crippen LogP contribution in [0.3, 0.4) is 0 Å². The maximum Gasteiger partial charge on any atom is 0.260 e. The van der Waals surface area contributed by atoms with Crippen molar-refractivity contribution < 1.29 is 9.21 Å². The molecule has 0 spiro atoms. The number of halogens is 1. The Morgan fingerprint density at radius 3 is 2.90 bits per heavy atom. The van der Waals surface area contributed by atoms with E-state index in [9.17, 15) is 4.79 Å². The van der Waals surface area contributed by atoms with Gasteiger partial charge in [-0.2, -0.15) is 0 Å². The van der Waals surface area contributed by atoms with Crippen LogP contribution in [0.4, 0.5) is 5.69 Å². The van der Waals surface area contributed by atoms with E-state index in [0.29, 0.717) is 11.3 Å². The Morgan fingerprint density at radius 2 is 2.24 bits per heavy atom. The minimum absolute atomic E-state index is 0.0822. The molecule has 4 nitrogen and oxygen atoms in total. The molecule has 0 atom stereocenters. The molecule has 0 unspecified atom stereocenters. The normalized spacial score (nSPS) is 10.6. The second-order valence-corrected chi connectivity index (χ2v) is 5.80. The number of carbonyl (C=O) groups excluding carboxylic acids is 1. The molecule has 21 heavy (non-hydrogen) atoms. The Bertz CT molecular complexity index is 794. The number of rotatable bonds is 3. The molecule has 2 heterocycles. The number of furan rings is 1. The Labute approximate surface area is 130 Å². The lowest BCUT2D eigenvalue weighted by Gasteiger charge is -2.05. The van der Waals surface area contributed by atoms with E-state index in [1.165, 1.54) is 12.3 Å². The first kappa shape index (κ1) is 13.9. The summed E-state index contributed by atoms with van der Waals surface area (Å²) in [6.07, 6.45) is 1.38. The van der Waals surface area contributed by atoms with Crippen molar-refractivity contribution in [3.05, 3.63) is 57.8 Å². The first-order chi connectivity index (χ1) is 10.1. The van der Waals surface area contributed by atoms with Gasteiger partial charge in [-0.15, -0.1) is 11.3 Å².